The standard InChI is InChI=1S/C6H6FNO3S/c7-5-2-1-3-6(4-5)12(10,11)8-9/h1-4,8-9H. The van der Waals surface area contributed by atoms with E-state index in [0.29, 0.717) is 0 Å². The molecule has 4 nitrogen and oxygen atoms in total. The largest absolute Gasteiger partial charge is 0.302 e. The molecule has 1 aromatic rings. The first-order valence-electron chi connectivity index (χ1n) is 2.98. The molecule has 66 valence electrons. The normalized spacial score (nSPS) is 11.5. The Hall–Kier alpha value is -0.980. The van der Waals surface area contributed by atoms with Gasteiger partial charge in [0.1, 0.15) is 5.82 Å². The van der Waals surface area contributed by atoms with Crippen LogP contribution >= 0.6 is 0 Å². The Labute approximate surface area is 68.7 Å². The van der Waals surface area contributed by atoms with E-state index in [2.05, 4.69) is 0 Å². The molecular formula is C6H6FNO3S. The molecule has 0 amide bonds. The van der Waals surface area contributed by atoms with Crippen LogP contribution in [0.15, 0.2) is 29.2 Å². The molecule has 0 aromatic heterocycles. The van der Waals surface area contributed by atoms with Crippen molar-refractivity contribution in [3.63, 3.8) is 0 Å². The topological polar surface area (TPSA) is 66.4 Å². The van der Waals surface area contributed by atoms with E-state index >= 15 is 0 Å². The molecule has 0 saturated carbocycles. The Kier molecular flexibility index (Phi) is 2.41. The third kappa shape index (κ3) is 1.79. The summed E-state index contributed by atoms with van der Waals surface area (Å²) in [5.74, 6) is -0.675. The van der Waals surface area contributed by atoms with Crippen LogP contribution in [0, 0.1) is 5.82 Å². The highest BCUT2D eigenvalue weighted by atomic mass is 32.2. The van der Waals surface area contributed by atoms with Crippen molar-refractivity contribution in [1.82, 2.24) is 4.89 Å². The lowest BCUT2D eigenvalue weighted by Gasteiger charge is -1.99. The molecule has 1 aromatic carbocycles. The van der Waals surface area contributed by atoms with E-state index in [4.69, 9.17) is 5.21 Å². The number of hydrogen-bond acceptors (Lipinski definition) is 3. The van der Waals surface area contributed by atoms with Crippen LogP contribution in [0.25, 0.3) is 0 Å². The molecule has 2 N–H and O–H groups in total. The number of rotatable bonds is 2. The summed E-state index contributed by atoms with van der Waals surface area (Å²) in [5.41, 5.74) is 0. The number of halogens is 1. The molecular weight excluding hydrogens is 185 g/mol. The van der Waals surface area contributed by atoms with Crippen LogP contribution in [0.5, 0.6) is 0 Å². The van der Waals surface area contributed by atoms with Crippen LogP contribution in [0.3, 0.4) is 0 Å². The summed E-state index contributed by atoms with van der Waals surface area (Å²) in [5, 5.41) is 8.18. The van der Waals surface area contributed by atoms with Crippen molar-refractivity contribution in [3.8, 4) is 0 Å². The van der Waals surface area contributed by atoms with Gasteiger partial charge in [-0.1, -0.05) is 11.0 Å². The summed E-state index contributed by atoms with van der Waals surface area (Å²) in [7, 11) is -3.96. The van der Waals surface area contributed by atoms with E-state index in [1.165, 1.54) is 12.1 Å². The zero-order valence-electron chi connectivity index (χ0n) is 5.86. The first-order valence-corrected chi connectivity index (χ1v) is 4.46. The molecule has 0 atom stereocenters. The average Bonchev–Trinajstić information content (AvgIpc) is 2.05. The molecule has 0 fully saturated rings. The first-order chi connectivity index (χ1) is 5.56. The molecule has 0 spiro atoms. The Balaban J connectivity index is 3.21. The number of hydrogen-bond donors (Lipinski definition) is 2. The van der Waals surface area contributed by atoms with Crippen molar-refractivity contribution >= 4 is 10.0 Å². The number of nitrogens with one attached hydrogen (secondary N) is 1. The summed E-state index contributed by atoms with van der Waals surface area (Å²) in [6.45, 7) is 0. The molecule has 0 radical (unpaired) electrons. The maximum absolute atomic E-state index is 12.5. The van der Waals surface area contributed by atoms with E-state index in [1.807, 2.05) is 0 Å². The summed E-state index contributed by atoms with van der Waals surface area (Å²) in [6, 6.07) is 4.32. The highest BCUT2D eigenvalue weighted by Gasteiger charge is 2.11. The van der Waals surface area contributed by atoms with Gasteiger partial charge in [0, 0.05) is 0 Å². The third-order valence-corrected chi connectivity index (χ3v) is 2.34. The Bertz CT molecular complexity index is 376. The first kappa shape index (κ1) is 9.11. The highest BCUT2D eigenvalue weighted by Crippen LogP contribution is 2.08. The van der Waals surface area contributed by atoms with Crippen molar-refractivity contribution in [2.75, 3.05) is 0 Å². The van der Waals surface area contributed by atoms with Gasteiger partial charge in [0.2, 0.25) is 0 Å². The second-order valence-electron chi connectivity index (χ2n) is 2.05. The van der Waals surface area contributed by atoms with Crippen molar-refractivity contribution in [3.05, 3.63) is 30.1 Å². The summed E-state index contributed by atoms with van der Waals surface area (Å²) >= 11 is 0. The molecule has 6 heteroatoms. The lowest BCUT2D eigenvalue weighted by atomic mass is 10.4. The summed E-state index contributed by atoms with van der Waals surface area (Å²) < 4.78 is 34.1. The maximum atomic E-state index is 12.5. The van der Waals surface area contributed by atoms with Crippen molar-refractivity contribution in [1.29, 1.82) is 0 Å². The molecule has 0 aliphatic heterocycles. The highest BCUT2D eigenvalue weighted by molar-refractivity contribution is 7.89. The monoisotopic (exact) mass is 191 g/mol. The van der Waals surface area contributed by atoms with Crippen LogP contribution in [0.2, 0.25) is 0 Å². The van der Waals surface area contributed by atoms with Gasteiger partial charge in [0.15, 0.2) is 0 Å². The van der Waals surface area contributed by atoms with Gasteiger partial charge >= 0.3 is 0 Å². The van der Waals surface area contributed by atoms with Gasteiger partial charge in [0.25, 0.3) is 10.0 Å². The maximum Gasteiger partial charge on any atom is 0.262 e. The van der Waals surface area contributed by atoms with E-state index in [1.54, 1.807) is 0 Å². The molecule has 12 heavy (non-hydrogen) atoms. The van der Waals surface area contributed by atoms with Gasteiger partial charge in [-0.3, -0.25) is 0 Å². The summed E-state index contributed by atoms with van der Waals surface area (Å²) in [6.07, 6.45) is 0. The van der Waals surface area contributed by atoms with Gasteiger partial charge in [-0.15, -0.1) is 0 Å². The van der Waals surface area contributed by atoms with Crippen molar-refractivity contribution < 1.29 is 18.0 Å². The van der Waals surface area contributed by atoms with Gasteiger partial charge in [0.05, 0.1) is 4.90 Å². The van der Waals surface area contributed by atoms with Gasteiger partial charge in [-0.25, -0.2) is 12.8 Å². The van der Waals surface area contributed by atoms with Crippen molar-refractivity contribution in [2.24, 2.45) is 0 Å². The molecule has 0 saturated heterocycles. The van der Waals surface area contributed by atoms with E-state index < -0.39 is 15.8 Å². The quantitative estimate of drug-likeness (QED) is 0.668. The van der Waals surface area contributed by atoms with E-state index in [-0.39, 0.29) is 4.90 Å². The Morgan fingerprint density at radius 1 is 1.42 bits per heavy atom. The number of benzene rings is 1. The van der Waals surface area contributed by atoms with Gasteiger partial charge < -0.3 is 5.21 Å². The minimum atomic E-state index is -3.96. The minimum absolute atomic E-state index is 0.315. The molecule has 1 rings (SSSR count). The van der Waals surface area contributed by atoms with E-state index in [9.17, 15) is 12.8 Å². The predicted octanol–water partition coefficient (Wildman–Crippen LogP) is 0.493. The summed E-state index contributed by atoms with van der Waals surface area (Å²) in [4.78, 5) is 0.776. The Morgan fingerprint density at radius 3 is 2.58 bits per heavy atom. The van der Waals surface area contributed by atoms with Gasteiger partial charge in [-0.05, 0) is 18.2 Å². The second-order valence-corrected chi connectivity index (χ2v) is 3.71. The van der Waals surface area contributed by atoms with Gasteiger partial charge in [-0.2, -0.15) is 0 Å². The van der Waals surface area contributed by atoms with Crippen LogP contribution in [-0.2, 0) is 10.0 Å². The SMILES string of the molecule is O=S(=O)(NO)c1cccc(F)c1. The fraction of sp³-hybridized carbons (Fsp3) is 0. The average molecular weight is 191 g/mol. The zero-order chi connectivity index (χ0) is 9.19. The van der Waals surface area contributed by atoms with Crippen LogP contribution < -0.4 is 4.89 Å². The zero-order valence-corrected chi connectivity index (χ0v) is 6.68. The predicted molar refractivity (Wildman–Crippen MR) is 38.5 cm³/mol. The lowest BCUT2D eigenvalue weighted by Crippen LogP contribution is -2.19. The van der Waals surface area contributed by atoms with E-state index in [0.717, 1.165) is 17.0 Å². The fourth-order valence-electron chi connectivity index (χ4n) is 0.687. The van der Waals surface area contributed by atoms with Crippen molar-refractivity contribution in [2.45, 2.75) is 4.90 Å². The number of sulfonamides is 1. The third-order valence-electron chi connectivity index (χ3n) is 1.23. The van der Waals surface area contributed by atoms with Crippen LogP contribution in [0.1, 0.15) is 0 Å². The minimum Gasteiger partial charge on any atom is -0.302 e. The van der Waals surface area contributed by atoms with Crippen LogP contribution in [-0.4, -0.2) is 13.6 Å². The Morgan fingerprint density at radius 2 is 2.08 bits per heavy atom. The molecule has 0 heterocycles. The molecule has 0 unspecified atom stereocenters. The molecule has 0 aliphatic carbocycles. The second kappa shape index (κ2) is 3.18. The smallest absolute Gasteiger partial charge is 0.262 e. The molecule has 0 aliphatic rings. The molecule has 0 bridgehead atoms. The van der Waals surface area contributed by atoms with Crippen LogP contribution in [0.4, 0.5) is 4.39 Å². The fourth-order valence-corrected chi connectivity index (χ4v) is 1.32. The lowest BCUT2D eigenvalue weighted by molar-refractivity contribution is 0.242.